The molecule has 52 heavy (non-hydrogen) atoms. The molecule has 3 aliphatic carbocycles. The van der Waals surface area contributed by atoms with Gasteiger partial charge in [0, 0.05) is 57.3 Å². The molecular weight excluding hydrogens is 662 g/mol. The molecule has 0 spiro atoms. The summed E-state index contributed by atoms with van der Waals surface area (Å²) in [6.45, 7) is 10.8. The molecule has 4 aliphatic rings. The van der Waals surface area contributed by atoms with Gasteiger partial charge in [-0.1, -0.05) is 39.0 Å². The number of carbonyl (C=O) groups excluding carboxylic acids is 4. The molecule has 4 fully saturated rings. The lowest BCUT2D eigenvalue weighted by Crippen LogP contribution is -2.62. The van der Waals surface area contributed by atoms with E-state index in [9.17, 15) is 24.3 Å². The summed E-state index contributed by atoms with van der Waals surface area (Å²) in [6.07, 6.45) is 0.357. The van der Waals surface area contributed by atoms with E-state index in [1.165, 1.54) is 13.5 Å². The number of hydroxylamine groups is 2. The summed E-state index contributed by atoms with van der Waals surface area (Å²) in [4.78, 5) is 59.9. The standard InChI is InChI=1S/C40H57N5O7/c1-22-25(11-10-12-30(22)26-15-27(38(49)41-6)17-29(16-26)44(7)8)21-45-37(39(50)43-32-19-28-18-31(23(32)2)40(28,4)5)36(24(3)46)33(52-45)20-42-34(47)13-14-35(48)51-9/h10-12,15-17,23-24,28,31-33,36-37,46H,13-14,18-21H2,1-9H3,(H,41,49)(H,42,47)(H,43,50)/t23-,24-,28-,31+,32-,33-,36+,37-/m0/s1. The van der Waals surface area contributed by atoms with Crippen LogP contribution in [-0.2, 0) is 30.5 Å². The van der Waals surface area contributed by atoms with Crippen molar-refractivity contribution in [1.29, 1.82) is 0 Å². The van der Waals surface area contributed by atoms with Crippen LogP contribution in [0.25, 0.3) is 11.1 Å². The number of ether oxygens (including phenoxy) is 1. The summed E-state index contributed by atoms with van der Waals surface area (Å²) >= 11 is 0. The first-order valence-electron chi connectivity index (χ1n) is 18.5. The normalized spacial score (nSPS) is 26.8. The molecule has 0 aromatic heterocycles. The highest BCUT2D eigenvalue weighted by molar-refractivity contribution is 5.97. The Morgan fingerprint density at radius 1 is 1.12 bits per heavy atom. The molecule has 284 valence electrons. The highest BCUT2D eigenvalue weighted by atomic mass is 16.7. The summed E-state index contributed by atoms with van der Waals surface area (Å²) in [6, 6.07) is 10.9. The average Bonchev–Trinajstić information content (AvgIpc) is 3.48. The molecule has 1 aliphatic heterocycles. The predicted molar refractivity (Wildman–Crippen MR) is 199 cm³/mol. The molecule has 8 atom stereocenters. The largest absolute Gasteiger partial charge is 0.469 e. The summed E-state index contributed by atoms with van der Waals surface area (Å²) < 4.78 is 4.66. The van der Waals surface area contributed by atoms with Gasteiger partial charge in [-0.05, 0) is 90.3 Å². The number of esters is 1. The van der Waals surface area contributed by atoms with Crippen LogP contribution in [0, 0.1) is 36.0 Å². The number of anilines is 1. The molecule has 2 aromatic carbocycles. The van der Waals surface area contributed by atoms with Gasteiger partial charge in [-0.25, -0.2) is 0 Å². The van der Waals surface area contributed by atoms with Crippen LogP contribution in [0.1, 0.15) is 74.9 Å². The van der Waals surface area contributed by atoms with Crippen molar-refractivity contribution in [2.75, 3.05) is 39.7 Å². The Morgan fingerprint density at radius 3 is 2.46 bits per heavy atom. The molecule has 12 heteroatoms. The van der Waals surface area contributed by atoms with E-state index in [1.54, 1.807) is 19.0 Å². The van der Waals surface area contributed by atoms with Crippen molar-refractivity contribution in [1.82, 2.24) is 21.0 Å². The van der Waals surface area contributed by atoms with Crippen LogP contribution in [0.3, 0.4) is 0 Å². The predicted octanol–water partition coefficient (Wildman–Crippen LogP) is 3.83. The molecule has 1 saturated heterocycles. The molecule has 1 heterocycles. The third-order valence-corrected chi connectivity index (χ3v) is 12.2. The van der Waals surface area contributed by atoms with Crippen LogP contribution in [0.4, 0.5) is 5.69 Å². The summed E-state index contributed by atoms with van der Waals surface area (Å²) in [5.41, 5.74) is 5.37. The fraction of sp³-hybridized carbons (Fsp3) is 0.600. The first kappa shape index (κ1) is 39.2. The van der Waals surface area contributed by atoms with Crippen LogP contribution in [0.2, 0.25) is 0 Å². The molecule has 0 unspecified atom stereocenters. The van der Waals surface area contributed by atoms with Gasteiger partial charge < -0.3 is 30.7 Å². The van der Waals surface area contributed by atoms with E-state index < -0.39 is 30.1 Å². The minimum atomic E-state index is -0.932. The van der Waals surface area contributed by atoms with Gasteiger partial charge in [-0.3, -0.25) is 24.0 Å². The van der Waals surface area contributed by atoms with E-state index in [0.29, 0.717) is 23.3 Å². The van der Waals surface area contributed by atoms with Gasteiger partial charge in [0.25, 0.3) is 5.91 Å². The van der Waals surface area contributed by atoms with Crippen molar-refractivity contribution in [3.8, 4) is 11.1 Å². The monoisotopic (exact) mass is 719 g/mol. The average molecular weight is 720 g/mol. The summed E-state index contributed by atoms with van der Waals surface area (Å²) in [7, 11) is 6.75. The van der Waals surface area contributed by atoms with E-state index in [1.807, 2.05) is 62.3 Å². The number of carbonyl (C=O) groups is 4. The van der Waals surface area contributed by atoms with Gasteiger partial charge in [-0.15, -0.1) is 0 Å². The van der Waals surface area contributed by atoms with Crippen molar-refractivity contribution >= 4 is 29.4 Å². The first-order chi connectivity index (χ1) is 24.6. The smallest absolute Gasteiger partial charge is 0.306 e. The number of nitrogens with one attached hydrogen (secondary N) is 3. The zero-order valence-electron chi connectivity index (χ0n) is 32.1. The van der Waals surface area contributed by atoms with E-state index in [0.717, 1.165) is 34.4 Å². The fourth-order valence-electron chi connectivity index (χ4n) is 8.76. The summed E-state index contributed by atoms with van der Waals surface area (Å²) in [5, 5.41) is 21.8. The molecule has 6 rings (SSSR count). The minimum Gasteiger partial charge on any atom is -0.469 e. The Hall–Kier alpha value is -4.00. The Labute approximate surface area is 307 Å². The van der Waals surface area contributed by atoms with Gasteiger partial charge in [0.05, 0.1) is 26.2 Å². The number of aliphatic hydroxyl groups is 1. The molecule has 3 saturated carbocycles. The Balaban J connectivity index is 1.44. The van der Waals surface area contributed by atoms with Gasteiger partial charge in [-0.2, -0.15) is 5.06 Å². The van der Waals surface area contributed by atoms with Crippen LogP contribution in [0.5, 0.6) is 0 Å². The molecule has 2 bridgehead atoms. The quantitative estimate of drug-likeness (QED) is 0.227. The zero-order valence-corrected chi connectivity index (χ0v) is 32.1. The number of nitrogens with zero attached hydrogens (tertiary/aromatic N) is 2. The number of rotatable bonds is 13. The number of hydrogen-bond acceptors (Lipinski definition) is 9. The van der Waals surface area contributed by atoms with Gasteiger partial charge >= 0.3 is 5.97 Å². The molecule has 4 N–H and O–H groups in total. The van der Waals surface area contributed by atoms with Crippen LogP contribution in [-0.4, -0.2) is 92.9 Å². The van der Waals surface area contributed by atoms with E-state index >= 15 is 0 Å². The van der Waals surface area contributed by atoms with Crippen molar-refractivity contribution in [3.63, 3.8) is 0 Å². The number of aliphatic hydroxyl groups excluding tert-OH is 1. The maximum absolute atomic E-state index is 14.4. The molecular formula is C40H57N5O7. The third-order valence-electron chi connectivity index (χ3n) is 12.2. The highest BCUT2D eigenvalue weighted by Crippen LogP contribution is 2.61. The lowest BCUT2D eigenvalue weighted by Gasteiger charge is -2.62. The first-order valence-corrected chi connectivity index (χ1v) is 18.5. The van der Waals surface area contributed by atoms with Gasteiger partial charge in [0.15, 0.2) is 0 Å². The zero-order chi connectivity index (χ0) is 38.1. The third kappa shape index (κ3) is 7.99. The summed E-state index contributed by atoms with van der Waals surface area (Å²) in [5.74, 6) is -0.472. The lowest BCUT2D eigenvalue weighted by molar-refractivity contribution is -0.177. The number of benzene rings is 2. The topological polar surface area (TPSA) is 150 Å². The second kappa shape index (κ2) is 15.9. The Bertz CT molecular complexity index is 1660. The fourth-order valence-corrected chi connectivity index (χ4v) is 8.76. The van der Waals surface area contributed by atoms with E-state index in [-0.39, 0.29) is 55.1 Å². The maximum Gasteiger partial charge on any atom is 0.306 e. The molecule has 2 aromatic rings. The van der Waals surface area contributed by atoms with Gasteiger partial charge in [0.1, 0.15) is 12.1 Å². The van der Waals surface area contributed by atoms with Crippen molar-refractivity contribution in [3.05, 3.63) is 53.1 Å². The SMILES string of the molecule is CNC(=O)c1cc(-c2cccc(CN3O[C@@H](CNC(=O)CCC(=O)OC)[C@@H]([C@H](C)O)[C@H]3C(=O)N[C@H]3C[C@@H]4C[C@H]([C@@H]3C)C4(C)C)c2C)cc(N(C)C)c1. The number of fused-ring (bicyclic) bond motifs is 2. The van der Waals surface area contributed by atoms with Crippen LogP contribution >= 0.6 is 0 Å². The molecule has 0 radical (unpaired) electrons. The maximum atomic E-state index is 14.4. The van der Waals surface area contributed by atoms with Crippen molar-refractivity contribution < 1.29 is 33.9 Å². The highest BCUT2D eigenvalue weighted by Gasteiger charge is 2.57. The number of hydrogen-bond donors (Lipinski definition) is 4. The minimum absolute atomic E-state index is 0.0152. The van der Waals surface area contributed by atoms with Crippen molar-refractivity contribution in [2.45, 2.75) is 91.1 Å². The number of amides is 3. The second-order valence-corrected chi connectivity index (χ2v) is 15.8. The van der Waals surface area contributed by atoms with E-state index in [2.05, 4.69) is 41.5 Å². The van der Waals surface area contributed by atoms with Crippen molar-refractivity contribution in [2.24, 2.45) is 29.1 Å². The van der Waals surface area contributed by atoms with Crippen LogP contribution in [0.15, 0.2) is 36.4 Å². The van der Waals surface area contributed by atoms with Crippen LogP contribution < -0.4 is 20.9 Å². The lowest BCUT2D eigenvalue weighted by atomic mass is 9.45. The van der Waals surface area contributed by atoms with Gasteiger partial charge in [0.2, 0.25) is 11.8 Å². The molecule has 3 amide bonds. The number of methoxy groups -OCH3 is 1. The second-order valence-electron chi connectivity index (χ2n) is 15.8. The molecule has 12 nitrogen and oxygen atoms in total. The van der Waals surface area contributed by atoms with E-state index in [4.69, 9.17) is 4.84 Å². The Morgan fingerprint density at radius 2 is 1.85 bits per heavy atom. The Kier molecular flexibility index (Phi) is 12.0.